The van der Waals surface area contributed by atoms with Gasteiger partial charge in [0.05, 0.1) is 7.11 Å². The van der Waals surface area contributed by atoms with Gasteiger partial charge in [-0.15, -0.1) is 0 Å². The number of rotatable bonds is 7. The number of ether oxygens (including phenoxy) is 1. The van der Waals surface area contributed by atoms with Gasteiger partial charge in [0.25, 0.3) is 0 Å². The lowest BCUT2D eigenvalue weighted by Crippen LogP contribution is -2.44. The molecule has 144 valence electrons. The van der Waals surface area contributed by atoms with E-state index in [9.17, 15) is 4.79 Å². The molecule has 0 saturated carbocycles. The molecule has 5 heteroatoms. The van der Waals surface area contributed by atoms with Gasteiger partial charge in [0.15, 0.2) is 0 Å². The lowest BCUT2D eigenvalue weighted by molar-refractivity contribution is -0.122. The number of piperidine rings is 1. The molecule has 0 aromatic heterocycles. The van der Waals surface area contributed by atoms with Crippen LogP contribution in [-0.2, 0) is 17.8 Å². The quantitative estimate of drug-likeness (QED) is 0.780. The molecule has 0 unspecified atom stereocenters. The van der Waals surface area contributed by atoms with Crippen LogP contribution < -0.4 is 10.1 Å². The molecule has 0 aliphatic carbocycles. The first-order valence-corrected chi connectivity index (χ1v) is 9.89. The Bertz CT molecular complexity index is 723. The highest BCUT2D eigenvalue weighted by Gasteiger charge is 2.20. The third-order valence-electron chi connectivity index (χ3n) is 5.07. The van der Waals surface area contributed by atoms with Crippen molar-refractivity contribution in [1.29, 1.82) is 0 Å². The Morgan fingerprint density at radius 1 is 1.07 bits per heavy atom. The molecule has 1 saturated heterocycles. The van der Waals surface area contributed by atoms with Gasteiger partial charge in [0.2, 0.25) is 5.91 Å². The molecule has 2 aromatic carbocycles. The summed E-state index contributed by atoms with van der Waals surface area (Å²) >= 11 is 5.94. The van der Waals surface area contributed by atoms with E-state index in [1.165, 1.54) is 5.56 Å². The maximum atomic E-state index is 12.3. The van der Waals surface area contributed by atoms with Crippen LogP contribution in [0.5, 0.6) is 5.75 Å². The molecular formula is C22H27ClN2O2. The highest BCUT2D eigenvalue weighted by Crippen LogP contribution is 2.16. The monoisotopic (exact) mass is 386 g/mol. The van der Waals surface area contributed by atoms with Crippen LogP contribution in [0, 0.1) is 0 Å². The molecule has 1 amide bonds. The van der Waals surface area contributed by atoms with E-state index in [-0.39, 0.29) is 11.9 Å². The van der Waals surface area contributed by atoms with Crippen LogP contribution in [0.25, 0.3) is 0 Å². The van der Waals surface area contributed by atoms with Crippen molar-refractivity contribution < 1.29 is 9.53 Å². The van der Waals surface area contributed by atoms with Crippen LogP contribution >= 0.6 is 11.6 Å². The van der Waals surface area contributed by atoms with Crippen molar-refractivity contribution in [1.82, 2.24) is 10.2 Å². The third kappa shape index (κ3) is 6.26. The van der Waals surface area contributed by atoms with Crippen LogP contribution in [-0.4, -0.2) is 37.0 Å². The summed E-state index contributed by atoms with van der Waals surface area (Å²) in [6.07, 6.45) is 3.28. The van der Waals surface area contributed by atoms with Crippen molar-refractivity contribution in [3.8, 4) is 5.75 Å². The van der Waals surface area contributed by atoms with Gasteiger partial charge < -0.3 is 10.1 Å². The van der Waals surface area contributed by atoms with Crippen LogP contribution in [0.2, 0.25) is 5.02 Å². The molecule has 1 heterocycles. The van der Waals surface area contributed by atoms with Crippen molar-refractivity contribution in [3.63, 3.8) is 0 Å². The Kier molecular flexibility index (Phi) is 7.13. The standard InChI is InChI=1S/C22H27ClN2O2/c1-27-21-9-4-17(5-10-21)6-11-22(26)24-20-12-14-25(15-13-20)16-18-2-7-19(23)8-3-18/h2-5,7-10,20H,6,11-16H2,1H3,(H,24,26). The van der Waals surface area contributed by atoms with E-state index >= 15 is 0 Å². The van der Waals surface area contributed by atoms with Crippen LogP contribution in [0.15, 0.2) is 48.5 Å². The number of likely N-dealkylation sites (tertiary alicyclic amines) is 1. The summed E-state index contributed by atoms with van der Waals surface area (Å²) in [4.78, 5) is 14.7. The van der Waals surface area contributed by atoms with Crippen molar-refractivity contribution in [2.45, 2.75) is 38.3 Å². The van der Waals surface area contributed by atoms with E-state index < -0.39 is 0 Å². The second-order valence-corrected chi connectivity index (χ2v) is 7.53. The molecular weight excluding hydrogens is 360 g/mol. The number of amides is 1. The molecule has 3 rings (SSSR count). The minimum atomic E-state index is 0.141. The minimum absolute atomic E-state index is 0.141. The fourth-order valence-corrected chi connectivity index (χ4v) is 3.56. The highest BCUT2D eigenvalue weighted by atomic mass is 35.5. The highest BCUT2D eigenvalue weighted by molar-refractivity contribution is 6.30. The predicted molar refractivity (Wildman–Crippen MR) is 109 cm³/mol. The molecule has 1 aliphatic rings. The number of carbonyl (C=O) groups is 1. The van der Waals surface area contributed by atoms with Gasteiger partial charge in [0, 0.05) is 37.1 Å². The van der Waals surface area contributed by atoms with E-state index in [4.69, 9.17) is 16.3 Å². The third-order valence-corrected chi connectivity index (χ3v) is 5.32. The van der Waals surface area contributed by atoms with E-state index in [1.807, 2.05) is 36.4 Å². The first-order chi connectivity index (χ1) is 13.1. The zero-order valence-corrected chi connectivity index (χ0v) is 16.5. The average Bonchev–Trinajstić information content (AvgIpc) is 2.70. The van der Waals surface area contributed by atoms with Gasteiger partial charge in [-0.2, -0.15) is 0 Å². The van der Waals surface area contributed by atoms with Gasteiger partial charge in [-0.25, -0.2) is 0 Å². The van der Waals surface area contributed by atoms with Crippen molar-refractivity contribution in [2.24, 2.45) is 0 Å². The van der Waals surface area contributed by atoms with Gasteiger partial charge in [-0.1, -0.05) is 35.9 Å². The van der Waals surface area contributed by atoms with E-state index in [0.717, 1.165) is 55.2 Å². The number of halogens is 1. The van der Waals surface area contributed by atoms with E-state index in [1.54, 1.807) is 7.11 Å². The summed E-state index contributed by atoms with van der Waals surface area (Å²) in [7, 11) is 1.66. The maximum absolute atomic E-state index is 12.3. The number of hydrogen-bond donors (Lipinski definition) is 1. The fraction of sp³-hybridized carbons (Fsp3) is 0.409. The second kappa shape index (κ2) is 9.77. The number of nitrogens with zero attached hydrogens (tertiary/aromatic N) is 1. The summed E-state index contributed by atoms with van der Waals surface area (Å²) in [5.74, 6) is 0.982. The molecule has 1 N–H and O–H groups in total. The normalized spacial score (nSPS) is 15.5. The Morgan fingerprint density at radius 3 is 2.33 bits per heavy atom. The number of methoxy groups -OCH3 is 1. The van der Waals surface area contributed by atoms with Gasteiger partial charge in [-0.3, -0.25) is 9.69 Å². The van der Waals surface area contributed by atoms with Crippen molar-refractivity contribution in [3.05, 3.63) is 64.7 Å². The van der Waals surface area contributed by atoms with Crippen LogP contribution in [0.4, 0.5) is 0 Å². The summed E-state index contributed by atoms with van der Waals surface area (Å²) in [6.45, 7) is 2.95. The SMILES string of the molecule is COc1ccc(CCC(=O)NC2CCN(Cc3ccc(Cl)cc3)CC2)cc1. The van der Waals surface area contributed by atoms with Crippen molar-refractivity contribution in [2.75, 3.05) is 20.2 Å². The first kappa shape index (κ1) is 19.7. The Balaban J connectivity index is 1.36. The zero-order chi connectivity index (χ0) is 19.1. The van der Waals surface area contributed by atoms with Crippen LogP contribution in [0.1, 0.15) is 30.4 Å². The van der Waals surface area contributed by atoms with E-state index in [2.05, 4.69) is 22.3 Å². The summed E-state index contributed by atoms with van der Waals surface area (Å²) < 4.78 is 5.16. The largest absolute Gasteiger partial charge is 0.497 e. The van der Waals surface area contributed by atoms with Crippen molar-refractivity contribution >= 4 is 17.5 Å². The molecule has 0 radical (unpaired) electrons. The molecule has 0 atom stereocenters. The second-order valence-electron chi connectivity index (χ2n) is 7.09. The Labute approximate surface area is 166 Å². The average molecular weight is 387 g/mol. The minimum Gasteiger partial charge on any atom is -0.497 e. The summed E-state index contributed by atoms with van der Waals surface area (Å²) in [5, 5.41) is 3.97. The lowest BCUT2D eigenvalue weighted by atomic mass is 10.0. The topological polar surface area (TPSA) is 41.6 Å². The Hall–Kier alpha value is -2.04. The smallest absolute Gasteiger partial charge is 0.220 e. The summed E-state index contributed by atoms with van der Waals surface area (Å²) in [6, 6.07) is 16.2. The number of hydrogen-bond acceptors (Lipinski definition) is 3. The number of benzene rings is 2. The van der Waals surface area contributed by atoms with Gasteiger partial charge in [-0.05, 0) is 54.7 Å². The molecule has 4 nitrogen and oxygen atoms in total. The van der Waals surface area contributed by atoms with Gasteiger partial charge in [0.1, 0.15) is 5.75 Å². The molecule has 2 aromatic rings. The number of aryl methyl sites for hydroxylation is 1. The molecule has 0 spiro atoms. The maximum Gasteiger partial charge on any atom is 0.220 e. The molecule has 27 heavy (non-hydrogen) atoms. The fourth-order valence-electron chi connectivity index (χ4n) is 3.43. The molecule has 1 fully saturated rings. The molecule has 1 aliphatic heterocycles. The molecule has 0 bridgehead atoms. The zero-order valence-electron chi connectivity index (χ0n) is 15.8. The number of nitrogens with one attached hydrogen (secondary N) is 1. The number of carbonyl (C=O) groups excluding carboxylic acids is 1. The van der Waals surface area contributed by atoms with Crippen LogP contribution in [0.3, 0.4) is 0 Å². The summed E-state index contributed by atoms with van der Waals surface area (Å²) in [5.41, 5.74) is 2.44. The Morgan fingerprint density at radius 2 is 1.70 bits per heavy atom. The predicted octanol–water partition coefficient (Wildman–Crippen LogP) is 4.06. The van der Waals surface area contributed by atoms with E-state index in [0.29, 0.717) is 6.42 Å². The first-order valence-electron chi connectivity index (χ1n) is 9.51. The lowest BCUT2D eigenvalue weighted by Gasteiger charge is -2.32. The van der Waals surface area contributed by atoms with Gasteiger partial charge >= 0.3 is 0 Å².